The quantitative estimate of drug-likeness (QED) is 0.631. The maximum Gasteiger partial charge on any atom is 0.138 e. The van der Waals surface area contributed by atoms with Gasteiger partial charge in [-0.25, -0.2) is 0 Å². The molecule has 0 spiro atoms. The molecule has 0 unspecified atom stereocenters. The summed E-state index contributed by atoms with van der Waals surface area (Å²) in [5.41, 5.74) is 0.962. The Morgan fingerprint density at radius 1 is 1.33 bits per heavy atom. The zero-order valence-electron chi connectivity index (χ0n) is 8.39. The summed E-state index contributed by atoms with van der Waals surface area (Å²) >= 11 is 16.2. The van der Waals surface area contributed by atoms with Gasteiger partial charge >= 0.3 is 0 Å². The Hall–Kier alpha value is -0.0900. The van der Waals surface area contributed by atoms with E-state index in [9.17, 15) is 0 Å². The van der Waals surface area contributed by atoms with Crippen molar-refractivity contribution in [3.05, 3.63) is 27.7 Å². The lowest BCUT2D eigenvalue weighted by atomic mass is 10.2. The Morgan fingerprint density at radius 3 is 2.67 bits per heavy atom. The van der Waals surface area contributed by atoms with Crippen molar-refractivity contribution >= 4 is 35.8 Å². The Kier molecular flexibility index (Phi) is 5.61. The van der Waals surface area contributed by atoms with Crippen LogP contribution < -0.4 is 10.1 Å². The molecule has 0 radical (unpaired) electrons. The summed E-state index contributed by atoms with van der Waals surface area (Å²) in [7, 11) is 1.57. The molecule has 0 heterocycles. The van der Waals surface area contributed by atoms with Gasteiger partial charge in [-0.05, 0) is 11.6 Å². The van der Waals surface area contributed by atoms with Crippen LogP contribution in [0.15, 0.2) is 12.1 Å². The van der Waals surface area contributed by atoms with E-state index in [1.165, 1.54) is 0 Å². The molecule has 1 aromatic rings. The maximum atomic E-state index is 6.09. The van der Waals surface area contributed by atoms with Gasteiger partial charge in [0.15, 0.2) is 0 Å². The number of nitrogens with one attached hydrogen (secondary N) is 1. The molecule has 1 N–H and O–H groups in total. The van der Waals surface area contributed by atoms with E-state index in [1.54, 1.807) is 7.11 Å². The SMILES string of the molecule is COc1ccc(CNCCS)c(Cl)c1Cl. The number of benzene rings is 1. The lowest BCUT2D eigenvalue weighted by Crippen LogP contribution is -2.16. The lowest BCUT2D eigenvalue weighted by molar-refractivity contribution is 0.415. The standard InChI is InChI=1S/C10H13Cl2NOS/c1-14-8-3-2-7(6-13-4-5-15)9(11)10(8)12/h2-3,13,15H,4-6H2,1H3. The lowest BCUT2D eigenvalue weighted by Gasteiger charge is -2.10. The third-order valence-corrected chi connectivity index (χ3v) is 3.08. The molecule has 0 aliphatic carbocycles. The summed E-state index contributed by atoms with van der Waals surface area (Å²) in [4.78, 5) is 0. The first kappa shape index (κ1) is 13.0. The van der Waals surface area contributed by atoms with Gasteiger partial charge in [-0.1, -0.05) is 29.3 Å². The molecule has 0 aromatic heterocycles. The Balaban J connectivity index is 2.77. The molecule has 0 saturated heterocycles. The van der Waals surface area contributed by atoms with Gasteiger partial charge < -0.3 is 10.1 Å². The minimum atomic E-state index is 0.462. The van der Waals surface area contributed by atoms with Crippen molar-refractivity contribution < 1.29 is 4.74 Å². The minimum absolute atomic E-state index is 0.462. The third kappa shape index (κ3) is 3.45. The first-order chi connectivity index (χ1) is 7.20. The zero-order valence-corrected chi connectivity index (χ0v) is 10.8. The molecule has 2 nitrogen and oxygen atoms in total. The van der Waals surface area contributed by atoms with Crippen molar-refractivity contribution in [3.8, 4) is 5.75 Å². The molecule has 0 aliphatic heterocycles. The van der Waals surface area contributed by atoms with E-state index in [4.69, 9.17) is 27.9 Å². The van der Waals surface area contributed by atoms with Crippen LogP contribution in [-0.2, 0) is 6.54 Å². The van der Waals surface area contributed by atoms with Crippen LogP contribution >= 0.6 is 35.8 Å². The van der Waals surface area contributed by atoms with E-state index in [0.717, 1.165) is 17.9 Å². The highest BCUT2D eigenvalue weighted by Crippen LogP contribution is 2.34. The number of ether oxygens (including phenoxy) is 1. The predicted octanol–water partition coefficient (Wildman–Crippen LogP) is 3.02. The van der Waals surface area contributed by atoms with Crippen molar-refractivity contribution in [1.82, 2.24) is 5.32 Å². The fourth-order valence-electron chi connectivity index (χ4n) is 1.17. The Bertz CT molecular complexity index is 333. The molecule has 1 rings (SSSR count). The van der Waals surface area contributed by atoms with E-state index in [-0.39, 0.29) is 0 Å². The molecule has 84 valence electrons. The van der Waals surface area contributed by atoms with Gasteiger partial charge in [0.25, 0.3) is 0 Å². The van der Waals surface area contributed by atoms with E-state index < -0.39 is 0 Å². The van der Waals surface area contributed by atoms with E-state index in [2.05, 4.69) is 17.9 Å². The van der Waals surface area contributed by atoms with Gasteiger partial charge in [-0.15, -0.1) is 0 Å². The van der Waals surface area contributed by atoms with Crippen LogP contribution in [0.5, 0.6) is 5.75 Å². The van der Waals surface area contributed by atoms with Crippen LogP contribution in [0.1, 0.15) is 5.56 Å². The molecule has 0 aliphatic rings. The predicted molar refractivity (Wildman–Crippen MR) is 68.6 cm³/mol. The fraction of sp³-hybridized carbons (Fsp3) is 0.400. The number of methoxy groups -OCH3 is 1. The summed E-state index contributed by atoms with van der Waals surface area (Å²) in [5, 5.41) is 4.20. The molecule has 0 saturated carbocycles. The second-order valence-corrected chi connectivity index (χ2v) is 4.16. The highest BCUT2D eigenvalue weighted by Gasteiger charge is 2.09. The first-order valence-corrected chi connectivity index (χ1v) is 5.92. The van der Waals surface area contributed by atoms with Crippen molar-refractivity contribution in [2.24, 2.45) is 0 Å². The van der Waals surface area contributed by atoms with E-state index >= 15 is 0 Å². The number of hydrogen-bond donors (Lipinski definition) is 2. The zero-order chi connectivity index (χ0) is 11.3. The number of hydrogen-bond acceptors (Lipinski definition) is 3. The van der Waals surface area contributed by atoms with Gasteiger partial charge in [0.1, 0.15) is 10.8 Å². The van der Waals surface area contributed by atoms with Crippen LogP contribution in [0.4, 0.5) is 0 Å². The summed E-state index contributed by atoms with van der Waals surface area (Å²) in [5.74, 6) is 1.39. The minimum Gasteiger partial charge on any atom is -0.495 e. The molecule has 0 amide bonds. The summed E-state index contributed by atoms with van der Waals surface area (Å²) < 4.78 is 5.06. The van der Waals surface area contributed by atoms with Crippen LogP contribution in [0, 0.1) is 0 Å². The van der Waals surface area contributed by atoms with Gasteiger partial charge in [-0.3, -0.25) is 0 Å². The second-order valence-electron chi connectivity index (χ2n) is 2.96. The van der Waals surface area contributed by atoms with Crippen molar-refractivity contribution in [2.75, 3.05) is 19.4 Å². The van der Waals surface area contributed by atoms with Crippen LogP contribution in [-0.4, -0.2) is 19.4 Å². The molecule has 5 heteroatoms. The molecule has 0 atom stereocenters. The van der Waals surface area contributed by atoms with E-state index in [0.29, 0.717) is 22.3 Å². The van der Waals surface area contributed by atoms with Crippen LogP contribution in [0.2, 0.25) is 10.0 Å². The Labute approximate surface area is 105 Å². The number of thiol groups is 1. The van der Waals surface area contributed by atoms with Gasteiger partial charge in [0, 0.05) is 18.8 Å². The van der Waals surface area contributed by atoms with Gasteiger partial charge in [-0.2, -0.15) is 12.6 Å². The average molecular weight is 266 g/mol. The normalized spacial score (nSPS) is 10.4. The van der Waals surface area contributed by atoms with Gasteiger partial charge in [0.2, 0.25) is 0 Å². The van der Waals surface area contributed by atoms with Crippen molar-refractivity contribution in [2.45, 2.75) is 6.54 Å². The topological polar surface area (TPSA) is 21.3 Å². The first-order valence-electron chi connectivity index (χ1n) is 4.53. The molecule has 0 fully saturated rings. The summed E-state index contributed by atoms with van der Waals surface area (Å²) in [6, 6.07) is 3.71. The molecule has 0 bridgehead atoms. The number of rotatable bonds is 5. The second kappa shape index (κ2) is 6.48. The molecule has 1 aromatic carbocycles. The molecular formula is C10H13Cl2NOS. The van der Waals surface area contributed by atoms with Crippen LogP contribution in [0.3, 0.4) is 0 Å². The third-order valence-electron chi connectivity index (χ3n) is 1.95. The number of halogens is 2. The maximum absolute atomic E-state index is 6.09. The van der Waals surface area contributed by atoms with E-state index in [1.807, 2.05) is 12.1 Å². The largest absolute Gasteiger partial charge is 0.495 e. The fourth-order valence-corrected chi connectivity index (χ4v) is 1.81. The Morgan fingerprint density at radius 2 is 2.07 bits per heavy atom. The van der Waals surface area contributed by atoms with Gasteiger partial charge in [0.05, 0.1) is 12.1 Å². The summed E-state index contributed by atoms with van der Waals surface area (Å²) in [6.07, 6.45) is 0. The summed E-state index contributed by atoms with van der Waals surface area (Å²) in [6.45, 7) is 1.52. The highest BCUT2D eigenvalue weighted by molar-refractivity contribution is 7.80. The van der Waals surface area contributed by atoms with Crippen molar-refractivity contribution in [1.29, 1.82) is 0 Å². The van der Waals surface area contributed by atoms with Crippen LogP contribution in [0.25, 0.3) is 0 Å². The molecular weight excluding hydrogens is 253 g/mol. The molecule has 15 heavy (non-hydrogen) atoms. The highest BCUT2D eigenvalue weighted by atomic mass is 35.5. The average Bonchev–Trinajstić information content (AvgIpc) is 2.25. The smallest absolute Gasteiger partial charge is 0.138 e. The monoisotopic (exact) mass is 265 g/mol. The van der Waals surface area contributed by atoms with Crippen molar-refractivity contribution in [3.63, 3.8) is 0 Å².